The molecule has 3 N–H and O–H groups in total. The van der Waals surface area contributed by atoms with Crippen molar-refractivity contribution in [1.82, 2.24) is 15.1 Å². The molecule has 1 aliphatic heterocycles. The van der Waals surface area contributed by atoms with Crippen LogP contribution in [0.3, 0.4) is 0 Å². The first-order chi connectivity index (χ1) is 15.4. The summed E-state index contributed by atoms with van der Waals surface area (Å²) in [5.74, 6) is 0.436. The van der Waals surface area contributed by atoms with Gasteiger partial charge in [-0.15, -0.1) is 0 Å². The van der Waals surface area contributed by atoms with Gasteiger partial charge in [-0.2, -0.15) is 0 Å². The molecule has 2 atom stereocenters. The normalized spacial score (nSPS) is 22.0. The Morgan fingerprint density at radius 2 is 1.88 bits per heavy atom. The lowest BCUT2D eigenvalue weighted by molar-refractivity contribution is -0.124. The van der Waals surface area contributed by atoms with E-state index >= 15 is 0 Å². The number of nitrogens with two attached hydrogens (primary N) is 1. The number of benzene rings is 1. The third-order valence-electron chi connectivity index (χ3n) is 6.71. The molecule has 2 fully saturated rings. The van der Waals surface area contributed by atoms with Gasteiger partial charge in [0.1, 0.15) is 11.9 Å². The number of amides is 2. The molecule has 1 aromatic rings. The molecule has 0 spiro atoms. The molecule has 3 rings (SSSR count). The van der Waals surface area contributed by atoms with E-state index in [1.807, 2.05) is 0 Å². The van der Waals surface area contributed by atoms with Crippen LogP contribution < -0.4 is 11.1 Å². The van der Waals surface area contributed by atoms with Gasteiger partial charge in [0.05, 0.1) is 0 Å². The number of hydrogen-bond donors (Lipinski definition) is 2. The van der Waals surface area contributed by atoms with Crippen molar-refractivity contribution in [2.45, 2.75) is 64.5 Å². The maximum atomic E-state index is 13.4. The lowest BCUT2D eigenvalue weighted by Gasteiger charge is -2.35. The summed E-state index contributed by atoms with van der Waals surface area (Å²) in [5, 5.41) is 2.87. The van der Waals surface area contributed by atoms with Crippen molar-refractivity contribution in [2.75, 3.05) is 32.7 Å². The van der Waals surface area contributed by atoms with E-state index in [-0.39, 0.29) is 23.7 Å². The SMILES string of the molecule is CC(C)CN(CC1CCCCC1)C1CC(C(=O)NCCN)N(C(=O)c2ccc(F)cc2)C1. The minimum atomic E-state index is -0.537. The molecule has 1 saturated carbocycles. The summed E-state index contributed by atoms with van der Waals surface area (Å²) >= 11 is 0. The summed E-state index contributed by atoms with van der Waals surface area (Å²) < 4.78 is 13.4. The van der Waals surface area contributed by atoms with Crippen molar-refractivity contribution < 1.29 is 14.0 Å². The second-order valence-electron chi connectivity index (χ2n) is 9.80. The maximum Gasteiger partial charge on any atom is 0.254 e. The van der Waals surface area contributed by atoms with Crippen LogP contribution in [0.4, 0.5) is 4.39 Å². The lowest BCUT2D eigenvalue weighted by atomic mass is 9.88. The minimum absolute atomic E-state index is 0.136. The van der Waals surface area contributed by atoms with Crippen LogP contribution in [0.5, 0.6) is 0 Å². The molecule has 7 heteroatoms. The second kappa shape index (κ2) is 11.8. The molecule has 1 saturated heterocycles. The summed E-state index contributed by atoms with van der Waals surface area (Å²) in [6.45, 7) is 7.67. The van der Waals surface area contributed by atoms with Gasteiger partial charge in [0.25, 0.3) is 5.91 Å². The summed E-state index contributed by atoms with van der Waals surface area (Å²) in [6.07, 6.45) is 7.06. The number of carbonyl (C=O) groups excluding carboxylic acids is 2. The Balaban J connectivity index is 1.79. The molecule has 0 radical (unpaired) electrons. The third-order valence-corrected chi connectivity index (χ3v) is 6.71. The minimum Gasteiger partial charge on any atom is -0.353 e. The van der Waals surface area contributed by atoms with Gasteiger partial charge in [-0.05, 0) is 55.4 Å². The van der Waals surface area contributed by atoms with E-state index in [4.69, 9.17) is 5.73 Å². The monoisotopic (exact) mass is 446 g/mol. The van der Waals surface area contributed by atoms with E-state index in [0.29, 0.717) is 43.5 Å². The number of hydrogen-bond acceptors (Lipinski definition) is 4. The fourth-order valence-corrected chi connectivity index (χ4v) is 5.17. The van der Waals surface area contributed by atoms with Crippen LogP contribution >= 0.6 is 0 Å². The fourth-order valence-electron chi connectivity index (χ4n) is 5.17. The van der Waals surface area contributed by atoms with Crippen molar-refractivity contribution in [3.8, 4) is 0 Å². The number of likely N-dealkylation sites (tertiary alicyclic amines) is 1. The molecule has 1 aliphatic carbocycles. The Kier molecular flexibility index (Phi) is 9.05. The van der Waals surface area contributed by atoms with Gasteiger partial charge < -0.3 is 16.0 Å². The Morgan fingerprint density at radius 1 is 1.19 bits per heavy atom. The Labute approximate surface area is 191 Å². The summed E-state index contributed by atoms with van der Waals surface area (Å²) in [5.41, 5.74) is 5.98. The molecular weight excluding hydrogens is 407 g/mol. The zero-order chi connectivity index (χ0) is 23.1. The first-order valence-electron chi connectivity index (χ1n) is 12.2. The molecule has 0 bridgehead atoms. The fraction of sp³-hybridized carbons (Fsp3) is 0.680. The quantitative estimate of drug-likeness (QED) is 0.611. The first-order valence-corrected chi connectivity index (χ1v) is 12.2. The van der Waals surface area contributed by atoms with E-state index < -0.39 is 6.04 Å². The molecule has 1 heterocycles. The van der Waals surface area contributed by atoms with Crippen LogP contribution in [0.2, 0.25) is 0 Å². The van der Waals surface area contributed by atoms with Gasteiger partial charge in [-0.1, -0.05) is 33.1 Å². The van der Waals surface area contributed by atoms with Crippen LogP contribution in [0.25, 0.3) is 0 Å². The molecule has 2 amide bonds. The predicted molar refractivity (Wildman–Crippen MR) is 125 cm³/mol. The van der Waals surface area contributed by atoms with Crippen molar-refractivity contribution in [3.05, 3.63) is 35.6 Å². The van der Waals surface area contributed by atoms with Crippen LogP contribution in [0.15, 0.2) is 24.3 Å². The summed E-state index contributed by atoms with van der Waals surface area (Å²) in [7, 11) is 0. The molecule has 2 aliphatic rings. The van der Waals surface area contributed by atoms with Crippen molar-refractivity contribution in [1.29, 1.82) is 0 Å². The van der Waals surface area contributed by atoms with E-state index in [9.17, 15) is 14.0 Å². The smallest absolute Gasteiger partial charge is 0.254 e. The Morgan fingerprint density at radius 3 is 2.50 bits per heavy atom. The highest BCUT2D eigenvalue weighted by Crippen LogP contribution is 2.30. The van der Waals surface area contributed by atoms with Gasteiger partial charge in [-0.3, -0.25) is 14.5 Å². The number of halogens is 1. The molecule has 0 aromatic heterocycles. The molecule has 2 unspecified atom stereocenters. The number of rotatable bonds is 9. The molecule has 32 heavy (non-hydrogen) atoms. The number of carbonyl (C=O) groups is 2. The van der Waals surface area contributed by atoms with Gasteiger partial charge in [0, 0.05) is 44.3 Å². The van der Waals surface area contributed by atoms with Gasteiger partial charge in [0.2, 0.25) is 5.91 Å². The van der Waals surface area contributed by atoms with E-state index in [1.54, 1.807) is 4.90 Å². The Bertz CT molecular complexity index is 749. The second-order valence-corrected chi connectivity index (χ2v) is 9.80. The zero-order valence-corrected chi connectivity index (χ0v) is 19.6. The third kappa shape index (κ3) is 6.51. The van der Waals surface area contributed by atoms with Gasteiger partial charge in [-0.25, -0.2) is 4.39 Å². The van der Waals surface area contributed by atoms with Crippen LogP contribution in [-0.2, 0) is 4.79 Å². The highest BCUT2D eigenvalue weighted by Gasteiger charge is 2.42. The van der Waals surface area contributed by atoms with Gasteiger partial charge in [0.15, 0.2) is 0 Å². The topological polar surface area (TPSA) is 78.7 Å². The lowest BCUT2D eigenvalue weighted by Crippen LogP contribution is -2.47. The van der Waals surface area contributed by atoms with Crippen molar-refractivity contribution >= 4 is 11.8 Å². The first kappa shape index (κ1) is 24.6. The van der Waals surface area contributed by atoms with Gasteiger partial charge >= 0.3 is 0 Å². The van der Waals surface area contributed by atoms with E-state index in [0.717, 1.165) is 13.1 Å². The van der Waals surface area contributed by atoms with Crippen LogP contribution in [0, 0.1) is 17.7 Å². The highest BCUT2D eigenvalue weighted by molar-refractivity contribution is 5.98. The standard InChI is InChI=1S/C25H39FN4O2/c1-18(2)15-29(16-19-6-4-3-5-7-19)22-14-23(24(31)28-13-12-27)30(17-22)25(32)20-8-10-21(26)11-9-20/h8-11,18-19,22-23H,3-7,12-17,27H2,1-2H3,(H,28,31). The van der Waals surface area contributed by atoms with E-state index in [2.05, 4.69) is 24.1 Å². The predicted octanol–water partition coefficient (Wildman–Crippen LogP) is 3.02. The van der Waals surface area contributed by atoms with Crippen molar-refractivity contribution in [3.63, 3.8) is 0 Å². The Hall–Kier alpha value is -1.99. The average molecular weight is 447 g/mol. The highest BCUT2D eigenvalue weighted by atomic mass is 19.1. The van der Waals surface area contributed by atoms with Crippen LogP contribution in [0.1, 0.15) is 62.7 Å². The van der Waals surface area contributed by atoms with E-state index in [1.165, 1.54) is 56.4 Å². The average Bonchev–Trinajstić information content (AvgIpc) is 3.23. The molecular formula is C25H39FN4O2. The summed E-state index contributed by atoms with van der Waals surface area (Å²) in [4.78, 5) is 30.4. The number of nitrogens with zero attached hydrogens (tertiary/aromatic N) is 2. The maximum absolute atomic E-state index is 13.4. The molecule has 6 nitrogen and oxygen atoms in total. The zero-order valence-electron chi connectivity index (χ0n) is 19.6. The largest absolute Gasteiger partial charge is 0.353 e. The number of nitrogens with one attached hydrogen (secondary N) is 1. The molecule has 1 aromatic carbocycles. The van der Waals surface area contributed by atoms with Crippen LogP contribution in [-0.4, -0.2) is 66.4 Å². The van der Waals surface area contributed by atoms with Crippen molar-refractivity contribution in [2.24, 2.45) is 17.6 Å². The molecule has 178 valence electrons. The summed E-state index contributed by atoms with van der Waals surface area (Å²) in [6, 6.07) is 5.17.